The van der Waals surface area contributed by atoms with Crippen molar-refractivity contribution in [3.05, 3.63) is 0 Å². The molecule has 0 spiro atoms. The Hall–Kier alpha value is -0.220. The number of ether oxygens (including phenoxy) is 1. The first-order valence-corrected chi connectivity index (χ1v) is 6.36. The van der Waals surface area contributed by atoms with Gasteiger partial charge in [0.1, 0.15) is 0 Å². The molecular weight excluding hydrogens is 196 g/mol. The lowest BCUT2D eigenvalue weighted by atomic mass is 10.3. The van der Waals surface area contributed by atoms with Crippen LogP contribution in [0.25, 0.3) is 0 Å². The second-order valence-corrected chi connectivity index (χ2v) is 4.31. The quantitative estimate of drug-likeness (QED) is 0.688. The molecule has 14 heavy (non-hydrogen) atoms. The molecule has 4 heteroatoms. The van der Waals surface area contributed by atoms with Gasteiger partial charge in [-0.15, -0.1) is 0 Å². The van der Waals surface area contributed by atoms with Crippen LogP contribution in [0.5, 0.6) is 0 Å². The van der Waals surface area contributed by atoms with E-state index in [4.69, 9.17) is 4.74 Å². The van der Waals surface area contributed by atoms with Crippen LogP contribution in [-0.4, -0.2) is 36.7 Å². The molecule has 0 saturated carbocycles. The van der Waals surface area contributed by atoms with E-state index in [0.29, 0.717) is 6.04 Å². The molecule has 0 unspecified atom stereocenters. The molecule has 0 aliphatic carbocycles. The van der Waals surface area contributed by atoms with Crippen molar-refractivity contribution in [2.45, 2.75) is 32.7 Å². The Morgan fingerprint density at radius 1 is 1.57 bits per heavy atom. The fourth-order valence-electron chi connectivity index (χ4n) is 1.24. The maximum atomic E-state index is 5.24. The highest BCUT2D eigenvalue weighted by Crippen LogP contribution is 2.15. The van der Waals surface area contributed by atoms with Gasteiger partial charge in [0.2, 0.25) is 0 Å². The van der Waals surface area contributed by atoms with Gasteiger partial charge in [-0.1, -0.05) is 18.7 Å². The largest absolute Gasteiger partial charge is 0.382 e. The summed E-state index contributed by atoms with van der Waals surface area (Å²) in [7, 11) is 0. The average molecular weight is 216 g/mol. The molecule has 0 bridgehead atoms. The minimum Gasteiger partial charge on any atom is -0.382 e. The summed E-state index contributed by atoms with van der Waals surface area (Å²) in [6.07, 6.45) is 2.21. The number of hydrogen-bond acceptors (Lipinski definition) is 3. The van der Waals surface area contributed by atoms with E-state index >= 15 is 0 Å². The topological polar surface area (TPSA) is 33.6 Å². The summed E-state index contributed by atoms with van der Waals surface area (Å²) >= 11 is 1.84. The summed E-state index contributed by atoms with van der Waals surface area (Å²) in [5.41, 5.74) is 0. The smallest absolute Gasteiger partial charge is 0.156 e. The third-order valence-electron chi connectivity index (χ3n) is 2.15. The van der Waals surface area contributed by atoms with Gasteiger partial charge in [0, 0.05) is 31.6 Å². The third-order valence-corrected chi connectivity index (χ3v) is 3.24. The lowest BCUT2D eigenvalue weighted by Gasteiger charge is -2.04. The van der Waals surface area contributed by atoms with Gasteiger partial charge in [0.05, 0.1) is 0 Å². The van der Waals surface area contributed by atoms with E-state index < -0.39 is 0 Å². The number of nitrogens with one attached hydrogen (secondary N) is 1. The van der Waals surface area contributed by atoms with Crippen LogP contribution in [0.4, 0.5) is 0 Å². The van der Waals surface area contributed by atoms with Crippen LogP contribution in [0.1, 0.15) is 26.7 Å². The highest BCUT2D eigenvalue weighted by atomic mass is 32.2. The van der Waals surface area contributed by atoms with Crippen LogP contribution < -0.4 is 5.32 Å². The number of aliphatic imine (C=N–C) groups is 1. The van der Waals surface area contributed by atoms with Gasteiger partial charge in [-0.25, -0.2) is 0 Å². The fourth-order valence-corrected chi connectivity index (χ4v) is 2.35. The number of rotatable bonds is 6. The van der Waals surface area contributed by atoms with Crippen LogP contribution in [0.3, 0.4) is 0 Å². The second kappa shape index (κ2) is 7.12. The van der Waals surface area contributed by atoms with Crippen LogP contribution in [0.15, 0.2) is 4.99 Å². The van der Waals surface area contributed by atoms with Crippen molar-refractivity contribution in [3.8, 4) is 0 Å². The Balaban J connectivity index is 2.07. The minimum atomic E-state index is 0.630. The van der Waals surface area contributed by atoms with Crippen molar-refractivity contribution in [3.63, 3.8) is 0 Å². The lowest BCUT2D eigenvalue weighted by molar-refractivity contribution is 0.146. The molecule has 3 nitrogen and oxygen atoms in total. The standard InChI is InChI=1S/C10H20N2OS/c1-3-9-8-14-10(12-9)11-6-5-7-13-4-2/h9H,3-8H2,1-2H3,(H,11,12)/t9-/m1/s1. The molecule has 1 aliphatic rings. The summed E-state index contributed by atoms with van der Waals surface area (Å²) in [5.74, 6) is 1.17. The number of amidine groups is 1. The Kier molecular flexibility index (Phi) is 6.03. The maximum absolute atomic E-state index is 5.24. The van der Waals surface area contributed by atoms with Gasteiger partial charge in [-0.3, -0.25) is 4.99 Å². The van der Waals surface area contributed by atoms with Crippen molar-refractivity contribution in [1.82, 2.24) is 5.32 Å². The Bertz CT molecular complexity index is 185. The minimum absolute atomic E-state index is 0.630. The van der Waals surface area contributed by atoms with Crippen molar-refractivity contribution in [2.75, 3.05) is 25.5 Å². The molecule has 1 aliphatic heterocycles. The molecule has 1 rings (SSSR count). The first kappa shape index (κ1) is 11.9. The molecule has 1 heterocycles. The number of thioether (sulfide) groups is 1. The Morgan fingerprint density at radius 3 is 3.07 bits per heavy atom. The van der Waals surface area contributed by atoms with Crippen molar-refractivity contribution in [2.24, 2.45) is 4.99 Å². The van der Waals surface area contributed by atoms with Crippen LogP contribution in [-0.2, 0) is 4.74 Å². The highest BCUT2D eigenvalue weighted by Gasteiger charge is 2.17. The van der Waals surface area contributed by atoms with E-state index in [0.717, 1.165) is 31.3 Å². The van der Waals surface area contributed by atoms with E-state index in [-0.39, 0.29) is 0 Å². The molecular formula is C10H20N2OS. The first-order valence-electron chi connectivity index (χ1n) is 5.38. The van der Waals surface area contributed by atoms with Gasteiger partial charge in [0.25, 0.3) is 0 Å². The van der Waals surface area contributed by atoms with E-state index in [1.54, 1.807) is 0 Å². The molecule has 0 aromatic carbocycles. The molecule has 1 N–H and O–H groups in total. The lowest BCUT2D eigenvalue weighted by Crippen LogP contribution is -2.25. The van der Waals surface area contributed by atoms with Crippen LogP contribution in [0.2, 0.25) is 0 Å². The zero-order chi connectivity index (χ0) is 10.2. The summed E-state index contributed by atoms with van der Waals surface area (Å²) in [6, 6.07) is 0.630. The van der Waals surface area contributed by atoms with Gasteiger partial charge in [-0.05, 0) is 19.8 Å². The summed E-state index contributed by atoms with van der Waals surface area (Å²) in [6.45, 7) is 6.74. The fraction of sp³-hybridized carbons (Fsp3) is 0.900. The predicted molar refractivity (Wildman–Crippen MR) is 63.1 cm³/mol. The predicted octanol–water partition coefficient (Wildman–Crippen LogP) is 1.88. The van der Waals surface area contributed by atoms with Crippen LogP contribution >= 0.6 is 11.8 Å². The first-order chi connectivity index (χ1) is 6.86. The second-order valence-electron chi connectivity index (χ2n) is 3.30. The van der Waals surface area contributed by atoms with E-state index in [9.17, 15) is 0 Å². The van der Waals surface area contributed by atoms with Gasteiger partial charge >= 0.3 is 0 Å². The zero-order valence-corrected chi connectivity index (χ0v) is 9.90. The van der Waals surface area contributed by atoms with E-state index in [1.807, 2.05) is 18.7 Å². The summed E-state index contributed by atoms with van der Waals surface area (Å²) < 4.78 is 5.24. The van der Waals surface area contributed by atoms with Crippen molar-refractivity contribution in [1.29, 1.82) is 0 Å². The van der Waals surface area contributed by atoms with Gasteiger partial charge in [0.15, 0.2) is 5.17 Å². The summed E-state index contributed by atoms with van der Waals surface area (Å²) in [4.78, 5) is 4.48. The van der Waals surface area contributed by atoms with Gasteiger partial charge < -0.3 is 10.1 Å². The number of nitrogens with zero attached hydrogens (tertiary/aromatic N) is 1. The molecule has 82 valence electrons. The zero-order valence-electron chi connectivity index (χ0n) is 9.08. The van der Waals surface area contributed by atoms with Crippen LogP contribution in [0, 0.1) is 0 Å². The molecule has 1 atom stereocenters. The highest BCUT2D eigenvalue weighted by molar-refractivity contribution is 8.14. The Labute approximate surface area is 90.7 Å². The van der Waals surface area contributed by atoms with E-state index in [1.165, 1.54) is 12.2 Å². The number of hydrogen-bond donors (Lipinski definition) is 1. The average Bonchev–Trinajstić information content (AvgIpc) is 2.65. The molecule has 1 fully saturated rings. The maximum Gasteiger partial charge on any atom is 0.156 e. The molecule has 0 radical (unpaired) electrons. The SMILES string of the molecule is CCOCCCN=C1N[C@H](CC)CS1. The summed E-state index contributed by atoms with van der Waals surface area (Å²) in [5, 5.41) is 4.52. The molecule has 1 saturated heterocycles. The van der Waals surface area contributed by atoms with E-state index in [2.05, 4.69) is 17.2 Å². The van der Waals surface area contributed by atoms with Gasteiger partial charge in [-0.2, -0.15) is 0 Å². The Morgan fingerprint density at radius 2 is 2.43 bits per heavy atom. The third kappa shape index (κ3) is 4.33. The molecule has 0 amide bonds. The normalized spacial score (nSPS) is 24.1. The molecule has 0 aromatic rings. The monoisotopic (exact) mass is 216 g/mol. The van der Waals surface area contributed by atoms with Crippen molar-refractivity contribution >= 4 is 16.9 Å². The van der Waals surface area contributed by atoms with Crippen molar-refractivity contribution < 1.29 is 4.74 Å². The molecule has 0 aromatic heterocycles.